The van der Waals surface area contributed by atoms with E-state index in [2.05, 4.69) is 20.2 Å². The van der Waals surface area contributed by atoms with Crippen LogP contribution in [0, 0.1) is 0 Å². The number of halogens is 3. The van der Waals surface area contributed by atoms with Crippen LogP contribution in [-0.2, 0) is 22.5 Å². The molecule has 0 aliphatic rings. The molecule has 0 saturated carbocycles. The Morgan fingerprint density at radius 1 is 1.28 bits per heavy atom. The van der Waals surface area contributed by atoms with Crippen molar-refractivity contribution in [2.24, 2.45) is 0 Å². The first-order valence-electron chi connectivity index (χ1n) is 8.19. The minimum atomic E-state index is -3.83. The molecule has 3 heterocycles. The highest BCUT2D eigenvalue weighted by Gasteiger charge is 2.28. The van der Waals surface area contributed by atoms with Crippen LogP contribution in [0.5, 0.6) is 0 Å². The Morgan fingerprint density at radius 2 is 2.00 bits per heavy atom. The molecule has 0 aliphatic carbocycles. The minimum absolute atomic E-state index is 0.0189. The van der Waals surface area contributed by atoms with Crippen LogP contribution in [0.3, 0.4) is 0 Å². The molecule has 1 atom stereocenters. The summed E-state index contributed by atoms with van der Waals surface area (Å²) in [5.74, 6) is -3.31. The topological polar surface area (TPSA) is 102 Å². The van der Waals surface area contributed by atoms with E-state index in [9.17, 15) is 21.6 Å². The Kier molecular flexibility index (Phi) is 5.63. The summed E-state index contributed by atoms with van der Waals surface area (Å²) in [6.07, 6.45) is 3.06. The van der Waals surface area contributed by atoms with Gasteiger partial charge in [-0.2, -0.15) is 0 Å². The fourth-order valence-electron chi connectivity index (χ4n) is 2.30. The molecule has 0 fully saturated rings. The third-order valence-corrected chi connectivity index (χ3v) is 5.85. The lowest BCUT2D eigenvalue weighted by atomic mass is 10.1. The van der Waals surface area contributed by atoms with Gasteiger partial charge in [-0.1, -0.05) is 0 Å². The molecule has 3 rings (SSSR count). The van der Waals surface area contributed by atoms with Gasteiger partial charge in [-0.15, -0.1) is 21.5 Å². The van der Waals surface area contributed by atoms with Crippen molar-refractivity contribution in [2.45, 2.75) is 32.5 Å². The van der Waals surface area contributed by atoms with Crippen LogP contribution in [-0.4, -0.2) is 34.8 Å². The average molecular weight is 447 g/mol. The summed E-state index contributed by atoms with van der Waals surface area (Å²) in [4.78, 5) is 8.26. The van der Waals surface area contributed by atoms with Gasteiger partial charge in [0.1, 0.15) is 9.88 Å². The molecule has 0 N–H and O–H groups in total. The first kappa shape index (κ1) is 21.2. The van der Waals surface area contributed by atoms with Gasteiger partial charge in [0.15, 0.2) is 6.17 Å². The molecule has 0 saturated heterocycles. The number of rotatable bonds is 7. The zero-order valence-electron chi connectivity index (χ0n) is 15.5. The van der Waals surface area contributed by atoms with E-state index in [1.807, 2.05) is 0 Å². The predicted octanol–water partition coefficient (Wildman–Crippen LogP) is 3.70. The number of sulfonamides is 1. The second kappa shape index (κ2) is 7.71. The fourth-order valence-corrected chi connectivity index (χ4v) is 4.05. The van der Waals surface area contributed by atoms with Crippen molar-refractivity contribution in [3.05, 3.63) is 41.1 Å². The lowest BCUT2D eigenvalue weighted by molar-refractivity contribution is 0.0171. The van der Waals surface area contributed by atoms with Gasteiger partial charge in [0.25, 0.3) is 17.7 Å². The van der Waals surface area contributed by atoms with Crippen LogP contribution in [0.25, 0.3) is 10.8 Å². The second-order valence-electron chi connectivity index (χ2n) is 6.27. The van der Waals surface area contributed by atoms with Crippen molar-refractivity contribution in [2.75, 3.05) is 10.6 Å². The first-order chi connectivity index (χ1) is 13.4. The lowest BCUT2D eigenvalue weighted by Crippen LogP contribution is -2.29. The van der Waals surface area contributed by atoms with Gasteiger partial charge in [-0.25, -0.2) is 26.6 Å². The highest BCUT2D eigenvalue weighted by molar-refractivity contribution is 7.92. The second-order valence-corrected chi connectivity index (χ2v) is 9.29. The highest BCUT2D eigenvalue weighted by Crippen LogP contribution is 2.32. The summed E-state index contributed by atoms with van der Waals surface area (Å²) in [6, 6.07) is 1.06. The number of hydrogen-bond acceptors (Lipinski definition) is 8. The Labute approximate surface area is 168 Å². The van der Waals surface area contributed by atoms with E-state index in [1.54, 1.807) is 0 Å². The number of pyridine rings is 1. The molecule has 0 spiro atoms. The number of thiazole rings is 1. The molecule has 0 radical (unpaired) electrons. The minimum Gasteiger partial charge on any atom is -0.417 e. The summed E-state index contributed by atoms with van der Waals surface area (Å²) >= 11 is 1.06. The van der Waals surface area contributed by atoms with Crippen molar-refractivity contribution >= 4 is 27.0 Å². The third kappa shape index (κ3) is 4.90. The van der Waals surface area contributed by atoms with Gasteiger partial charge in [0.05, 0.1) is 30.9 Å². The van der Waals surface area contributed by atoms with Crippen LogP contribution in [0.15, 0.2) is 29.1 Å². The molecule has 1 unspecified atom stereocenters. The Bertz CT molecular complexity index is 1110. The van der Waals surface area contributed by atoms with E-state index in [0.29, 0.717) is 16.8 Å². The van der Waals surface area contributed by atoms with E-state index in [1.165, 1.54) is 19.3 Å². The molecule has 0 aromatic carbocycles. The maximum Gasteiger partial charge on any atom is 0.272 e. The first-order valence-corrected chi connectivity index (χ1v) is 10.8. The van der Waals surface area contributed by atoms with Crippen molar-refractivity contribution < 1.29 is 26.0 Å². The molecule has 0 bridgehead atoms. The average Bonchev–Trinajstić information content (AvgIpc) is 3.27. The summed E-state index contributed by atoms with van der Waals surface area (Å²) in [5, 5.41) is 7.66. The highest BCUT2D eigenvalue weighted by atomic mass is 32.2. The van der Waals surface area contributed by atoms with Gasteiger partial charge < -0.3 is 4.42 Å². The third-order valence-electron chi connectivity index (χ3n) is 3.74. The molecule has 0 aliphatic heterocycles. The number of hydrogen-bond donors (Lipinski definition) is 0. The van der Waals surface area contributed by atoms with Crippen molar-refractivity contribution in [1.29, 1.82) is 0 Å². The summed E-state index contributed by atoms with van der Waals surface area (Å²) < 4.78 is 71.1. The molecule has 3 aromatic heterocycles. The van der Waals surface area contributed by atoms with Crippen LogP contribution in [0.1, 0.15) is 36.5 Å². The van der Waals surface area contributed by atoms with E-state index in [0.717, 1.165) is 34.2 Å². The number of aromatic nitrogens is 4. The number of anilines is 1. The normalized spacial score (nSPS) is 13.4. The summed E-state index contributed by atoms with van der Waals surface area (Å²) in [5.41, 5.74) is -0.434. The van der Waals surface area contributed by atoms with Crippen LogP contribution in [0.4, 0.5) is 18.9 Å². The zero-order chi connectivity index (χ0) is 21.4. The van der Waals surface area contributed by atoms with Crippen LogP contribution in [0.2, 0.25) is 0 Å². The molecule has 156 valence electrons. The molecule has 13 heteroatoms. The molecule has 0 amide bonds. The molecule has 3 aromatic rings. The predicted molar refractivity (Wildman–Crippen MR) is 99.8 cm³/mol. The van der Waals surface area contributed by atoms with Crippen molar-refractivity contribution in [1.82, 2.24) is 20.2 Å². The SMILES string of the molecule is CC(F)c1nnc(-c2cnc(CN(c3cncc(C(C)(F)F)c3)S(C)(=O)=O)s2)o1. The molecular formula is C16H16F3N5O3S2. The number of alkyl halides is 3. The largest absolute Gasteiger partial charge is 0.417 e. The molecular weight excluding hydrogens is 431 g/mol. The fraction of sp³-hybridized carbons (Fsp3) is 0.375. The van der Waals surface area contributed by atoms with Gasteiger partial charge in [0.2, 0.25) is 10.0 Å². The van der Waals surface area contributed by atoms with Gasteiger partial charge in [-0.05, 0) is 13.0 Å². The quantitative estimate of drug-likeness (QED) is 0.544. The Hall–Kier alpha value is -2.54. The van der Waals surface area contributed by atoms with E-state index < -0.39 is 27.7 Å². The maximum absolute atomic E-state index is 13.6. The smallest absolute Gasteiger partial charge is 0.272 e. The van der Waals surface area contributed by atoms with Gasteiger partial charge >= 0.3 is 0 Å². The maximum atomic E-state index is 13.6. The summed E-state index contributed by atoms with van der Waals surface area (Å²) in [6.45, 7) is 1.73. The molecule has 8 nitrogen and oxygen atoms in total. The summed E-state index contributed by atoms with van der Waals surface area (Å²) in [7, 11) is -3.83. The lowest BCUT2D eigenvalue weighted by Gasteiger charge is -2.22. The van der Waals surface area contributed by atoms with Crippen LogP contribution < -0.4 is 4.31 Å². The van der Waals surface area contributed by atoms with E-state index in [-0.39, 0.29) is 24.0 Å². The monoisotopic (exact) mass is 447 g/mol. The molecule has 29 heavy (non-hydrogen) atoms. The van der Waals surface area contributed by atoms with E-state index in [4.69, 9.17) is 4.42 Å². The van der Waals surface area contributed by atoms with Gasteiger partial charge in [0, 0.05) is 18.7 Å². The van der Waals surface area contributed by atoms with Crippen molar-refractivity contribution in [3.63, 3.8) is 0 Å². The zero-order valence-corrected chi connectivity index (χ0v) is 17.1. The van der Waals surface area contributed by atoms with Crippen molar-refractivity contribution in [3.8, 4) is 10.8 Å². The van der Waals surface area contributed by atoms with E-state index >= 15 is 0 Å². The van der Waals surface area contributed by atoms with Crippen LogP contribution >= 0.6 is 11.3 Å². The van der Waals surface area contributed by atoms with Gasteiger partial charge in [-0.3, -0.25) is 9.29 Å². The Balaban J connectivity index is 1.90. The Morgan fingerprint density at radius 3 is 2.59 bits per heavy atom. The number of nitrogens with zero attached hydrogens (tertiary/aromatic N) is 5. The standard InChI is InChI=1S/C16H16F3N5O3S2/c1-9(17)14-22-23-15(27-14)12-7-21-13(28-12)8-24(29(3,25)26)11-4-10(5-20-6-11)16(2,18)19/h4-7,9H,8H2,1-3H3.